The zero-order valence-electron chi connectivity index (χ0n) is 11.7. The Hall–Kier alpha value is -1.54. The zero-order valence-corrected chi connectivity index (χ0v) is 13.3. The molecule has 1 fully saturated rings. The van der Waals surface area contributed by atoms with Crippen LogP contribution in [-0.4, -0.2) is 24.0 Å². The molecule has 1 aromatic carbocycles. The first-order chi connectivity index (χ1) is 9.47. The molecule has 1 heterocycles. The van der Waals surface area contributed by atoms with Crippen molar-refractivity contribution in [3.05, 3.63) is 28.7 Å². The van der Waals surface area contributed by atoms with Crippen molar-refractivity contribution in [3.8, 4) is 6.07 Å². The van der Waals surface area contributed by atoms with Crippen molar-refractivity contribution in [2.75, 3.05) is 11.4 Å². The second-order valence-electron chi connectivity index (χ2n) is 5.55. The van der Waals surface area contributed by atoms with Crippen LogP contribution in [0, 0.1) is 11.3 Å². The van der Waals surface area contributed by atoms with Gasteiger partial charge in [-0.2, -0.15) is 5.26 Å². The van der Waals surface area contributed by atoms with E-state index in [9.17, 15) is 4.79 Å². The van der Waals surface area contributed by atoms with E-state index in [-0.39, 0.29) is 17.9 Å². The molecule has 1 atom stereocenters. The third-order valence-electron chi connectivity index (χ3n) is 3.70. The van der Waals surface area contributed by atoms with Crippen LogP contribution in [-0.2, 0) is 4.79 Å². The molecule has 0 bridgehead atoms. The van der Waals surface area contributed by atoms with Gasteiger partial charge in [-0.25, -0.2) is 0 Å². The van der Waals surface area contributed by atoms with Crippen LogP contribution >= 0.6 is 15.9 Å². The summed E-state index contributed by atoms with van der Waals surface area (Å²) in [6, 6.07) is 9.50. The van der Waals surface area contributed by atoms with Crippen LogP contribution in [0.4, 0.5) is 5.69 Å². The molecule has 20 heavy (non-hydrogen) atoms. The lowest BCUT2D eigenvalue weighted by atomic mass is 9.95. The van der Waals surface area contributed by atoms with Gasteiger partial charge in [0, 0.05) is 16.6 Å². The van der Waals surface area contributed by atoms with E-state index in [0.29, 0.717) is 6.54 Å². The average molecular weight is 336 g/mol. The summed E-state index contributed by atoms with van der Waals surface area (Å²) in [7, 11) is 0. The second-order valence-corrected chi connectivity index (χ2v) is 6.41. The summed E-state index contributed by atoms with van der Waals surface area (Å²) in [5.74, 6) is -0.0760. The van der Waals surface area contributed by atoms with Crippen LogP contribution in [0.1, 0.15) is 26.7 Å². The summed E-state index contributed by atoms with van der Waals surface area (Å²) in [6.45, 7) is 4.85. The number of nitrogens with zero attached hydrogens (tertiary/aromatic N) is 2. The number of nitriles is 1. The maximum atomic E-state index is 12.3. The van der Waals surface area contributed by atoms with Gasteiger partial charge in [-0.05, 0) is 48.3 Å². The van der Waals surface area contributed by atoms with Crippen molar-refractivity contribution >= 4 is 27.5 Å². The lowest BCUT2D eigenvalue weighted by Gasteiger charge is -2.42. The summed E-state index contributed by atoms with van der Waals surface area (Å²) in [4.78, 5) is 14.3. The number of carbonyl (C=O) groups excluding carboxylic acids is 1. The minimum atomic E-state index is -0.462. The topological polar surface area (TPSA) is 56.1 Å². The van der Waals surface area contributed by atoms with Crippen LogP contribution in [0.5, 0.6) is 0 Å². The van der Waals surface area contributed by atoms with E-state index >= 15 is 0 Å². The molecular formula is C15H18BrN3O. The molecule has 1 aromatic rings. The smallest absolute Gasteiger partial charge is 0.243 e. The van der Waals surface area contributed by atoms with Crippen LogP contribution in [0.15, 0.2) is 28.7 Å². The zero-order chi connectivity index (χ0) is 14.8. The average Bonchev–Trinajstić information content (AvgIpc) is 2.49. The Morgan fingerprint density at radius 3 is 2.85 bits per heavy atom. The van der Waals surface area contributed by atoms with E-state index in [1.165, 1.54) is 0 Å². The fourth-order valence-electron chi connectivity index (χ4n) is 2.68. The molecular weight excluding hydrogens is 318 g/mol. The number of hydrogen-bond acceptors (Lipinski definition) is 3. The Balaban J connectivity index is 2.53. The first-order valence-electron chi connectivity index (χ1n) is 6.66. The van der Waals surface area contributed by atoms with Crippen LogP contribution in [0.25, 0.3) is 0 Å². The Morgan fingerprint density at radius 2 is 2.20 bits per heavy atom. The molecule has 0 aliphatic carbocycles. The molecule has 0 radical (unpaired) electrons. The maximum absolute atomic E-state index is 12.3. The molecule has 0 spiro atoms. The largest absolute Gasteiger partial charge is 0.354 e. The standard InChI is InChI=1S/C15H18BrN3O/c1-15(2)8-10-18-14(20)13(7-9-17)19(15)12-6-4-3-5-11(12)16/h3-6,13H,7-8,10H2,1-2H3,(H,18,20). The quantitative estimate of drug-likeness (QED) is 0.904. The number of anilines is 1. The van der Waals surface area contributed by atoms with Crippen molar-refractivity contribution in [3.63, 3.8) is 0 Å². The van der Waals surface area contributed by atoms with Gasteiger partial charge in [0.15, 0.2) is 0 Å². The lowest BCUT2D eigenvalue weighted by molar-refractivity contribution is -0.122. The van der Waals surface area contributed by atoms with Gasteiger partial charge >= 0.3 is 0 Å². The summed E-state index contributed by atoms with van der Waals surface area (Å²) in [5.41, 5.74) is 0.750. The highest BCUT2D eigenvalue weighted by atomic mass is 79.9. The number of benzene rings is 1. The van der Waals surface area contributed by atoms with Crippen molar-refractivity contribution in [2.24, 2.45) is 0 Å². The highest BCUT2D eigenvalue weighted by Crippen LogP contribution is 2.36. The number of carbonyl (C=O) groups is 1. The molecule has 5 heteroatoms. The number of hydrogen-bond donors (Lipinski definition) is 1. The highest BCUT2D eigenvalue weighted by Gasteiger charge is 2.39. The van der Waals surface area contributed by atoms with Gasteiger partial charge in [-0.1, -0.05) is 12.1 Å². The fourth-order valence-corrected chi connectivity index (χ4v) is 3.16. The van der Waals surface area contributed by atoms with Crippen molar-refractivity contribution < 1.29 is 4.79 Å². The van der Waals surface area contributed by atoms with E-state index in [1.807, 2.05) is 24.3 Å². The number of amides is 1. The maximum Gasteiger partial charge on any atom is 0.243 e. The van der Waals surface area contributed by atoms with Crippen molar-refractivity contribution in [1.82, 2.24) is 5.32 Å². The second kappa shape index (κ2) is 5.84. The molecule has 1 N–H and O–H groups in total. The summed E-state index contributed by atoms with van der Waals surface area (Å²) < 4.78 is 0.936. The molecule has 106 valence electrons. The Labute approximate surface area is 127 Å². The molecule has 1 aliphatic rings. The molecule has 2 rings (SSSR count). The highest BCUT2D eigenvalue weighted by molar-refractivity contribution is 9.10. The normalized spacial score (nSPS) is 21.8. The third kappa shape index (κ3) is 2.80. The van der Waals surface area contributed by atoms with E-state index < -0.39 is 6.04 Å². The molecule has 1 unspecified atom stereocenters. The van der Waals surface area contributed by atoms with Gasteiger partial charge in [-0.3, -0.25) is 4.79 Å². The van der Waals surface area contributed by atoms with Gasteiger partial charge in [0.25, 0.3) is 0 Å². The lowest BCUT2D eigenvalue weighted by Crippen LogP contribution is -2.53. The monoisotopic (exact) mass is 335 g/mol. The Morgan fingerprint density at radius 1 is 1.50 bits per heavy atom. The third-order valence-corrected chi connectivity index (χ3v) is 4.37. The van der Waals surface area contributed by atoms with Crippen LogP contribution in [0.2, 0.25) is 0 Å². The molecule has 0 saturated carbocycles. The summed E-state index contributed by atoms with van der Waals surface area (Å²) in [6.07, 6.45) is 1.01. The van der Waals surface area contributed by atoms with Gasteiger partial charge < -0.3 is 10.2 Å². The molecule has 4 nitrogen and oxygen atoms in total. The number of halogens is 1. The molecule has 1 aliphatic heterocycles. The predicted molar refractivity (Wildman–Crippen MR) is 82.3 cm³/mol. The predicted octanol–water partition coefficient (Wildman–Crippen LogP) is 2.84. The van der Waals surface area contributed by atoms with Crippen LogP contribution < -0.4 is 10.2 Å². The minimum absolute atomic E-state index is 0.0760. The Bertz CT molecular complexity index is 550. The molecule has 0 aromatic heterocycles. The van der Waals surface area contributed by atoms with Gasteiger partial charge in [0.2, 0.25) is 5.91 Å². The first-order valence-corrected chi connectivity index (χ1v) is 7.45. The van der Waals surface area contributed by atoms with E-state index in [1.54, 1.807) is 0 Å². The van der Waals surface area contributed by atoms with E-state index in [4.69, 9.17) is 5.26 Å². The summed E-state index contributed by atoms with van der Waals surface area (Å²) in [5, 5.41) is 12.0. The SMILES string of the molecule is CC1(C)CCNC(=O)C(CC#N)N1c1ccccc1Br. The van der Waals surface area contributed by atoms with E-state index in [0.717, 1.165) is 16.6 Å². The fraction of sp³-hybridized carbons (Fsp3) is 0.467. The number of nitrogens with one attached hydrogen (secondary N) is 1. The van der Waals surface area contributed by atoms with Gasteiger partial charge in [0.05, 0.1) is 18.2 Å². The minimum Gasteiger partial charge on any atom is -0.354 e. The Kier molecular flexibility index (Phi) is 4.34. The van der Waals surface area contributed by atoms with Gasteiger partial charge in [0.1, 0.15) is 6.04 Å². The van der Waals surface area contributed by atoms with Crippen molar-refractivity contribution in [1.29, 1.82) is 5.26 Å². The number of rotatable bonds is 2. The van der Waals surface area contributed by atoms with E-state index in [2.05, 4.69) is 46.1 Å². The van der Waals surface area contributed by atoms with Crippen molar-refractivity contribution in [2.45, 2.75) is 38.3 Å². The first kappa shape index (κ1) is 14.9. The van der Waals surface area contributed by atoms with Crippen LogP contribution in [0.3, 0.4) is 0 Å². The molecule has 1 saturated heterocycles. The molecule has 1 amide bonds. The summed E-state index contributed by atoms with van der Waals surface area (Å²) >= 11 is 3.55. The number of para-hydroxylation sites is 1. The van der Waals surface area contributed by atoms with Gasteiger partial charge in [-0.15, -0.1) is 0 Å².